The quantitative estimate of drug-likeness (QED) is 0.890. The van der Waals surface area contributed by atoms with Crippen LogP contribution in [0.5, 0.6) is 0 Å². The first-order valence-corrected chi connectivity index (χ1v) is 6.43. The average Bonchev–Trinajstić information content (AvgIpc) is 2.60. The highest BCUT2D eigenvalue weighted by atomic mass is 79.9. The van der Waals surface area contributed by atoms with E-state index in [0.29, 0.717) is 4.88 Å². The van der Waals surface area contributed by atoms with Gasteiger partial charge in [0.2, 0.25) is 5.91 Å². The fraction of sp³-hybridized carbons (Fsp3) is 0.400. The minimum Gasteiger partial charge on any atom is -0.352 e. The summed E-state index contributed by atoms with van der Waals surface area (Å²) >= 11 is 4.61. The molecule has 0 atom stereocenters. The Morgan fingerprint density at radius 2 is 2.12 bits per heavy atom. The summed E-state index contributed by atoms with van der Waals surface area (Å²) < 4.78 is 0.893. The topological polar surface area (TPSA) is 58.2 Å². The van der Waals surface area contributed by atoms with Crippen LogP contribution in [0, 0.1) is 0 Å². The van der Waals surface area contributed by atoms with Crippen molar-refractivity contribution in [3.05, 3.63) is 20.8 Å². The molecule has 0 spiro atoms. The smallest absolute Gasteiger partial charge is 0.261 e. The molecule has 0 aliphatic rings. The lowest BCUT2D eigenvalue weighted by Crippen LogP contribution is -2.39. The van der Waals surface area contributed by atoms with E-state index in [-0.39, 0.29) is 24.4 Å². The lowest BCUT2D eigenvalue weighted by atomic mass is 10.4. The maximum absolute atomic E-state index is 11.5. The molecule has 6 heteroatoms. The molecule has 88 valence electrons. The summed E-state index contributed by atoms with van der Waals surface area (Å²) in [6.45, 7) is 3.75. The molecule has 0 unspecified atom stereocenters. The molecule has 0 radical (unpaired) electrons. The van der Waals surface area contributed by atoms with E-state index in [1.54, 1.807) is 12.1 Å². The van der Waals surface area contributed by atoms with Gasteiger partial charge in [0, 0.05) is 6.04 Å². The Morgan fingerprint density at radius 1 is 1.44 bits per heavy atom. The summed E-state index contributed by atoms with van der Waals surface area (Å²) in [5, 5.41) is 5.25. The second kappa shape index (κ2) is 6.00. The van der Waals surface area contributed by atoms with Crippen LogP contribution in [0.4, 0.5) is 0 Å². The van der Waals surface area contributed by atoms with Gasteiger partial charge in [0.1, 0.15) is 0 Å². The molecule has 0 aromatic carbocycles. The Labute approximate surface area is 107 Å². The third kappa shape index (κ3) is 4.32. The van der Waals surface area contributed by atoms with Gasteiger partial charge in [0.05, 0.1) is 15.2 Å². The summed E-state index contributed by atoms with van der Waals surface area (Å²) in [7, 11) is 0. The van der Waals surface area contributed by atoms with Crippen LogP contribution in [-0.4, -0.2) is 24.4 Å². The summed E-state index contributed by atoms with van der Waals surface area (Å²) in [5.74, 6) is -0.409. The number of halogens is 1. The molecule has 4 nitrogen and oxygen atoms in total. The van der Waals surface area contributed by atoms with E-state index in [1.165, 1.54) is 11.3 Å². The zero-order valence-corrected chi connectivity index (χ0v) is 11.4. The fourth-order valence-corrected chi connectivity index (χ4v) is 2.36. The van der Waals surface area contributed by atoms with Crippen LogP contribution in [-0.2, 0) is 4.79 Å². The van der Waals surface area contributed by atoms with Crippen molar-refractivity contribution in [1.82, 2.24) is 10.6 Å². The number of nitrogens with one attached hydrogen (secondary N) is 2. The van der Waals surface area contributed by atoms with Gasteiger partial charge in [-0.15, -0.1) is 11.3 Å². The van der Waals surface area contributed by atoms with E-state index in [2.05, 4.69) is 26.6 Å². The van der Waals surface area contributed by atoms with Crippen LogP contribution in [0.25, 0.3) is 0 Å². The third-order valence-corrected chi connectivity index (χ3v) is 3.28. The van der Waals surface area contributed by atoms with Gasteiger partial charge in [0.15, 0.2) is 0 Å². The summed E-state index contributed by atoms with van der Waals surface area (Å²) in [6, 6.07) is 3.60. The Hall–Kier alpha value is -0.880. The number of amides is 2. The van der Waals surface area contributed by atoms with Gasteiger partial charge in [-0.3, -0.25) is 9.59 Å². The first-order chi connectivity index (χ1) is 7.49. The van der Waals surface area contributed by atoms with E-state index < -0.39 is 0 Å². The van der Waals surface area contributed by atoms with Gasteiger partial charge in [0.25, 0.3) is 5.91 Å². The molecule has 0 aliphatic carbocycles. The lowest BCUT2D eigenvalue weighted by molar-refractivity contribution is -0.120. The second-order valence-corrected chi connectivity index (χ2v) is 5.97. The molecule has 0 saturated heterocycles. The standard InChI is InChI=1S/C10H13BrN2O2S/c1-6(2)13-9(14)5-12-10(15)7-3-4-8(11)16-7/h3-4,6H,5H2,1-2H3,(H,12,15)(H,13,14). The first kappa shape index (κ1) is 13.2. The predicted molar refractivity (Wildman–Crippen MR) is 67.6 cm³/mol. The van der Waals surface area contributed by atoms with E-state index in [4.69, 9.17) is 0 Å². The van der Waals surface area contributed by atoms with Crippen molar-refractivity contribution < 1.29 is 9.59 Å². The van der Waals surface area contributed by atoms with Crippen LogP contribution >= 0.6 is 27.3 Å². The molecule has 0 bridgehead atoms. The molecule has 2 N–H and O–H groups in total. The van der Waals surface area contributed by atoms with Gasteiger partial charge in [-0.1, -0.05) is 0 Å². The highest BCUT2D eigenvalue weighted by Crippen LogP contribution is 2.21. The molecule has 1 aromatic rings. The molecule has 0 aliphatic heterocycles. The zero-order chi connectivity index (χ0) is 12.1. The number of thiophene rings is 1. The Balaban J connectivity index is 2.38. The van der Waals surface area contributed by atoms with E-state index in [1.807, 2.05) is 13.8 Å². The molecule has 16 heavy (non-hydrogen) atoms. The number of hydrogen-bond donors (Lipinski definition) is 2. The molecule has 1 heterocycles. The molecule has 0 fully saturated rings. The number of carbonyl (C=O) groups is 2. The highest BCUT2D eigenvalue weighted by molar-refractivity contribution is 9.11. The lowest BCUT2D eigenvalue weighted by Gasteiger charge is -2.08. The molecule has 1 rings (SSSR count). The van der Waals surface area contributed by atoms with Crippen LogP contribution in [0.3, 0.4) is 0 Å². The molecule has 1 aromatic heterocycles. The van der Waals surface area contributed by atoms with Crippen LogP contribution in [0.15, 0.2) is 15.9 Å². The maximum atomic E-state index is 11.5. The number of hydrogen-bond acceptors (Lipinski definition) is 3. The molecular formula is C10H13BrN2O2S. The van der Waals surface area contributed by atoms with Crippen molar-refractivity contribution in [2.24, 2.45) is 0 Å². The predicted octanol–water partition coefficient (Wildman–Crippen LogP) is 1.76. The van der Waals surface area contributed by atoms with Crippen molar-refractivity contribution in [3.63, 3.8) is 0 Å². The van der Waals surface area contributed by atoms with Gasteiger partial charge in [-0.2, -0.15) is 0 Å². The summed E-state index contributed by atoms with van der Waals surface area (Å²) in [5.41, 5.74) is 0. The van der Waals surface area contributed by atoms with Crippen molar-refractivity contribution in [3.8, 4) is 0 Å². The maximum Gasteiger partial charge on any atom is 0.261 e. The Kier molecular flexibility index (Phi) is 4.95. The van der Waals surface area contributed by atoms with Crippen molar-refractivity contribution in [1.29, 1.82) is 0 Å². The number of carbonyl (C=O) groups excluding carboxylic acids is 2. The largest absolute Gasteiger partial charge is 0.352 e. The van der Waals surface area contributed by atoms with Gasteiger partial charge in [-0.05, 0) is 41.9 Å². The second-order valence-electron chi connectivity index (χ2n) is 3.51. The molecule has 0 saturated carbocycles. The summed E-state index contributed by atoms with van der Waals surface area (Å²) in [6.07, 6.45) is 0. The molecular weight excluding hydrogens is 292 g/mol. The monoisotopic (exact) mass is 304 g/mol. The SMILES string of the molecule is CC(C)NC(=O)CNC(=O)c1ccc(Br)s1. The van der Waals surface area contributed by atoms with Crippen molar-refractivity contribution in [2.75, 3.05) is 6.54 Å². The first-order valence-electron chi connectivity index (χ1n) is 4.82. The van der Waals surface area contributed by atoms with Crippen LogP contribution in [0.2, 0.25) is 0 Å². The van der Waals surface area contributed by atoms with Gasteiger partial charge < -0.3 is 10.6 Å². The van der Waals surface area contributed by atoms with Crippen molar-refractivity contribution >= 4 is 39.1 Å². The van der Waals surface area contributed by atoms with Crippen LogP contribution in [0.1, 0.15) is 23.5 Å². The van der Waals surface area contributed by atoms with Crippen LogP contribution < -0.4 is 10.6 Å². The van der Waals surface area contributed by atoms with Crippen molar-refractivity contribution in [2.45, 2.75) is 19.9 Å². The molecule has 2 amide bonds. The Bertz CT molecular complexity index is 390. The average molecular weight is 305 g/mol. The highest BCUT2D eigenvalue weighted by Gasteiger charge is 2.10. The van der Waals surface area contributed by atoms with Gasteiger partial charge >= 0.3 is 0 Å². The summed E-state index contributed by atoms with van der Waals surface area (Å²) in [4.78, 5) is 23.4. The minimum atomic E-state index is -0.227. The number of rotatable bonds is 4. The Morgan fingerprint density at radius 3 is 2.62 bits per heavy atom. The normalized spacial score (nSPS) is 10.2. The third-order valence-electron chi connectivity index (χ3n) is 1.66. The van der Waals surface area contributed by atoms with Gasteiger partial charge in [-0.25, -0.2) is 0 Å². The van der Waals surface area contributed by atoms with E-state index in [9.17, 15) is 9.59 Å². The van der Waals surface area contributed by atoms with E-state index >= 15 is 0 Å². The minimum absolute atomic E-state index is 0.00648. The fourth-order valence-electron chi connectivity index (χ4n) is 1.06. The van der Waals surface area contributed by atoms with E-state index in [0.717, 1.165) is 3.79 Å². The zero-order valence-electron chi connectivity index (χ0n) is 9.04.